The molecule has 0 saturated heterocycles. The van der Waals surface area contributed by atoms with Gasteiger partial charge in [-0.3, -0.25) is 0 Å². The maximum atomic E-state index is 5.44. The van der Waals surface area contributed by atoms with E-state index < -0.39 is 0 Å². The zero-order valence-corrected chi connectivity index (χ0v) is 16.0. The number of rotatable bonds is 5. The van der Waals surface area contributed by atoms with Crippen LogP contribution in [0.15, 0.2) is 47.0 Å². The first-order chi connectivity index (χ1) is 13.6. The minimum absolute atomic E-state index is 0.307. The van der Waals surface area contributed by atoms with E-state index in [0.717, 1.165) is 22.5 Å². The number of aryl methyl sites for hydroxylation is 1. The zero-order chi connectivity index (χ0) is 19.7. The predicted octanol–water partition coefficient (Wildman–Crippen LogP) is 3.62. The van der Waals surface area contributed by atoms with Gasteiger partial charge in [0.1, 0.15) is 0 Å². The molecule has 4 aromatic rings. The van der Waals surface area contributed by atoms with Crippen LogP contribution in [0, 0.1) is 13.8 Å². The average Bonchev–Trinajstić information content (AvgIpc) is 3.34. The van der Waals surface area contributed by atoms with Crippen LogP contribution in [0.2, 0.25) is 0 Å². The molecule has 0 aliphatic heterocycles. The van der Waals surface area contributed by atoms with E-state index in [1.54, 1.807) is 31.0 Å². The normalized spacial score (nSPS) is 10.9. The highest BCUT2D eigenvalue weighted by molar-refractivity contribution is 5.63. The molecular weight excluding hydrogens is 358 g/mol. The molecule has 0 atom stereocenters. The lowest BCUT2D eigenvalue weighted by Gasteiger charge is -2.07. The second kappa shape index (κ2) is 7.15. The first-order valence-corrected chi connectivity index (χ1v) is 8.66. The van der Waals surface area contributed by atoms with Gasteiger partial charge in [-0.2, -0.15) is 4.98 Å². The molecule has 0 aliphatic carbocycles. The molecule has 8 heteroatoms. The van der Waals surface area contributed by atoms with Crippen molar-refractivity contribution in [2.75, 3.05) is 14.2 Å². The fourth-order valence-corrected chi connectivity index (χ4v) is 2.94. The molecule has 4 rings (SSSR count). The van der Waals surface area contributed by atoms with Crippen LogP contribution < -0.4 is 9.47 Å². The van der Waals surface area contributed by atoms with Gasteiger partial charge in [-0.1, -0.05) is 22.5 Å². The second-order valence-corrected chi connectivity index (χ2v) is 6.27. The third-order valence-electron chi connectivity index (χ3n) is 4.41. The number of hydrogen-bond acceptors (Lipinski definition) is 7. The molecule has 0 bridgehead atoms. The maximum absolute atomic E-state index is 5.44. The summed E-state index contributed by atoms with van der Waals surface area (Å²) in [7, 11) is 3.17. The number of hydrogen-bond donors (Lipinski definition) is 0. The van der Waals surface area contributed by atoms with E-state index in [1.807, 2.05) is 44.2 Å². The fraction of sp³-hybridized carbons (Fsp3) is 0.200. The summed E-state index contributed by atoms with van der Waals surface area (Å²) < 4.78 is 17.8. The van der Waals surface area contributed by atoms with Gasteiger partial charge >= 0.3 is 0 Å². The molecule has 0 radical (unpaired) electrons. The van der Waals surface area contributed by atoms with Crippen molar-refractivity contribution in [2.24, 2.45) is 0 Å². The van der Waals surface area contributed by atoms with E-state index in [9.17, 15) is 0 Å². The van der Waals surface area contributed by atoms with Gasteiger partial charge in [0, 0.05) is 5.56 Å². The van der Waals surface area contributed by atoms with Crippen molar-refractivity contribution in [3.8, 4) is 40.2 Å². The fourth-order valence-electron chi connectivity index (χ4n) is 2.94. The summed E-state index contributed by atoms with van der Waals surface area (Å²) in [5.74, 6) is 1.96. The largest absolute Gasteiger partial charge is 0.493 e. The lowest BCUT2D eigenvalue weighted by atomic mass is 10.2. The summed E-state index contributed by atoms with van der Waals surface area (Å²) in [6, 6.07) is 13.5. The molecule has 2 aromatic heterocycles. The summed E-state index contributed by atoms with van der Waals surface area (Å²) in [6.45, 7) is 3.95. The third kappa shape index (κ3) is 3.09. The Kier molecular flexibility index (Phi) is 4.52. The Hall–Kier alpha value is -3.68. The standard InChI is InChI=1S/C20H19N5O3/c1-12-6-5-7-15(10-12)25-13(2)18(22-24-25)20-21-19(23-28-20)14-8-9-16(26-3)17(11-14)27-4/h5-11H,1-4H3. The first kappa shape index (κ1) is 17.7. The first-order valence-electron chi connectivity index (χ1n) is 8.66. The highest BCUT2D eigenvalue weighted by Crippen LogP contribution is 2.32. The number of nitrogens with zero attached hydrogens (tertiary/aromatic N) is 5. The summed E-state index contributed by atoms with van der Waals surface area (Å²) >= 11 is 0. The third-order valence-corrected chi connectivity index (χ3v) is 4.41. The van der Waals surface area contributed by atoms with Gasteiger partial charge in [0.25, 0.3) is 5.89 Å². The Morgan fingerprint density at radius 3 is 2.54 bits per heavy atom. The van der Waals surface area contributed by atoms with E-state index in [0.29, 0.717) is 28.9 Å². The smallest absolute Gasteiger partial charge is 0.280 e. The van der Waals surface area contributed by atoms with Crippen molar-refractivity contribution in [1.29, 1.82) is 0 Å². The van der Waals surface area contributed by atoms with Crippen LogP contribution >= 0.6 is 0 Å². The topological polar surface area (TPSA) is 88.1 Å². The van der Waals surface area contributed by atoms with Gasteiger partial charge in [0.2, 0.25) is 5.82 Å². The molecule has 0 saturated carbocycles. The summed E-state index contributed by atoms with van der Waals surface area (Å²) in [5.41, 5.74) is 4.17. The molecule has 0 spiro atoms. The average molecular weight is 377 g/mol. The molecular formula is C20H19N5O3. The SMILES string of the molecule is COc1ccc(-c2noc(-c3nnn(-c4cccc(C)c4)c3C)n2)cc1OC. The Bertz CT molecular complexity index is 1130. The molecule has 0 unspecified atom stereocenters. The quantitative estimate of drug-likeness (QED) is 0.525. The van der Waals surface area contributed by atoms with Crippen molar-refractivity contribution in [2.45, 2.75) is 13.8 Å². The van der Waals surface area contributed by atoms with Crippen LogP contribution in [0.1, 0.15) is 11.3 Å². The summed E-state index contributed by atoms with van der Waals surface area (Å²) in [4.78, 5) is 4.48. The summed E-state index contributed by atoms with van der Waals surface area (Å²) in [5, 5.41) is 12.5. The van der Waals surface area contributed by atoms with Crippen LogP contribution in [0.25, 0.3) is 28.7 Å². The van der Waals surface area contributed by atoms with Crippen molar-refractivity contribution in [3.63, 3.8) is 0 Å². The Morgan fingerprint density at radius 1 is 0.964 bits per heavy atom. The van der Waals surface area contributed by atoms with Gasteiger partial charge in [0.15, 0.2) is 17.2 Å². The molecule has 0 fully saturated rings. The lowest BCUT2D eigenvalue weighted by Crippen LogP contribution is -1.99. The highest BCUT2D eigenvalue weighted by atomic mass is 16.5. The van der Waals surface area contributed by atoms with Crippen LogP contribution in [0.3, 0.4) is 0 Å². The van der Waals surface area contributed by atoms with Crippen molar-refractivity contribution >= 4 is 0 Å². The molecule has 142 valence electrons. The second-order valence-electron chi connectivity index (χ2n) is 6.27. The predicted molar refractivity (Wildman–Crippen MR) is 103 cm³/mol. The number of methoxy groups -OCH3 is 2. The van der Waals surface area contributed by atoms with Crippen molar-refractivity contribution in [1.82, 2.24) is 25.1 Å². The van der Waals surface area contributed by atoms with Crippen molar-refractivity contribution in [3.05, 3.63) is 53.7 Å². The van der Waals surface area contributed by atoms with Crippen LogP contribution in [-0.4, -0.2) is 39.4 Å². The van der Waals surface area contributed by atoms with Crippen LogP contribution in [0.5, 0.6) is 11.5 Å². The number of aromatic nitrogens is 5. The molecule has 2 heterocycles. The van der Waals surface area contributed by atoms with Gasteiger partial charge in [-0.05, 0) is 49.7 Å². The van der Waals surface area contributed by atoms with E-state index in [4.69, 9.17) is 14.0 Å². The molecule has 8 nitrogen and oxygen atoms in total. The lowest BCUT2D eigenvalue weighted by molar-refractivity contribution is 0.355. The van der Waals surface area contributed by atoms with E-state index in [-0.39, 0.29) is 0 Å². The van der Waals surface area contributed by atoms with Gasteiger partial charge < -0.3 is 14.0 Å². The Labute approximate surface area is 161 Å². The highest BCUT2D eigenvalue weighted by Gasteiger charge is 2.19. The monoisotopic (exact) mass is 377 g/mol. The van der Waals surface area contributed by atoms with Gasteiger partial charge in [0.05, 0.1) is 25.6 Å². The minimum atomic E-state index is 0.307. The van der Waals surface area contributed by atoms with Crippen LogP contribution in [0.4, 0.5) is 0 Å². The van der Waals surface area contributed by atoms with Crippen LogP contribution in [-0.2, 0) is 0 Å². The molecule has 28 heavy (non-hydrogen) atoms. The van der Waals surface area contributed by atoms with Crippen molar-refractivity contribution < 1.29 is 14.0 Å². The van der Waals surface area contributed by atoms with E-state index >= 15 is 0 Å². The molecule has 2 aromatic carbocycles. The Morgan fingerprint density at radius 2 is 1.79 bits per heavy atom. The van der Waals surface area contributed by atoms with E-state index in [1.165, 1.54) is 0 Å². The Balaban J connectivity index is 1.69. The number of ether oxygens (including phenoxy) is 2. The minimum Gasteiger partial charge on any atom is -0.493 e. The van der Waals surface area contributed by atoms with Gasteiger partial charge in [-0.15, -0.1) is 5.10 Å². The summed E-state index contributed by atoms with van der Waals surface area (Å²) in [6.07, 6.45) is 0. The molecule has 0 N–H and O–H groups in total. The molecule has 0 amide bonds. The zero-order valence-electron chi connectivity index (χ0n) is 16.0. The number of benzene rings is 2. The maximum Gasteiger partial charge on any atom is 0.280 e. The molecule has 0 aliphatic rings. The van der Waals surface area contributed by atoms with E-state index in [2.05, 4.69) is 20.5 Å². The van der Waals surface area contributed by atoms with Gasteiger partial charge in [-0.25, -0.2) is 4.68 Å².